The number of carbonyl (C=O) groups is 2. The molecule has 1 aromatic rings. The van der Waals surface area contributed by atoms with Crippen LogP contribution in [0.3, 0.4) is 0 Å². The fourth-order valence-corrected chi connectivity index (χ4v) is 2.35. The topological polar surface area (TPSA) is 43.4 Å². The molecule has 0 aliphatic carbocycles. The van der Waals surface area contributed by atoms with Crippen molar-refractivity contribution in [1.29, 1.82) is 0 Å². The third kappa shape index (κ3) is 3.20. The third-order valence-corrected chi connectivity index (χ3v) is 3.25. The fraction of sp³-hybridized carbons (Fsp3) is 0.250. The number of hydrogen-bond acceptors (Lipinski definition) is 5. The van der Waals surface area contributed by atoms with Crippen molar-refractivity contribution in [2.75, 3.05) is 12.9 Å². The molecule has 0 spiro atoms. The van der Waals surface area contributed by atoms with Crippen LogP contribution in [0.1, 0.15) is 9.67 Å². The minimum absolute atomic E-state index is 0.260. The summed E-state index contributed by atoms with van der Waals surface area (Å²) in [5.74, 6) is 0.0229. The van der Waals surface area contributed by atoms with Crippen LogP contribution in [0.15, 0.2) is 16.3 Å². The molecule has 0 saturated carbocycles. The Bertz CT molecular complexity index is 306. The predicted molar refractivity (Wildman–Crippen MR) is 52.4 cm³/mol. The molecule has 0 N–H and O–H groups in total. The van der Waals surface area contributed by atoms with E-state index in [0.717, 1.165) is 11.2 Å². The van der Waals surface area contributed by atoms with Crippen LogP contribution in [0.2, 0.25) is 0 Å². The van der Waals surface area contributed by atoms with Gasteiger partial charge in [-0.05, 0) is 6.07 Å². The van der Waals surface area contributed by atoms with Crippen molar-refractivity contribution in [1.82, 2.24) is 0 Å². The molecule has 13 heavy (non-hydrogen) atoms. The van der Waals surface area contributed by atoms with Crippen LogP contribution in [0, 0.1) is 0 Å². The Hall–Kier alpha value is -0.810. The molecule has 5 heteroatoms. The molecule has 0 fully saturated rings. The van der Waals surface area contributed by atoms with E-state index in [1.807, 2.05) is 5.38 Å². The maximum absolute atomic E-state index is 10.8. The summed E-state index contributed by atoms with van der Waals surface area (Å²) in [4.78, 5) is 22.7. The molecule has 0 aliphatic heterocycles. The van der Waals surface area contributed by atoms with Gasteiger partial charge in [0, 0.05) is 10.3 Å². The second-order valence-electron chi connectivity index (χ2n) is 2.17. The molecular weight excluding hydrogens is 208 g/mol. The molecule has 0 unspecified atom stereocenters. The molecule has 0 saturated heterocycles. The number of thioether (sulfide) groups is 1. The van der Waals surface area contributed by atoms with Crippen LogP contribution < -0.4 is 0 Å². The minimum Gasteiger partial charge on any atom is -0.468 e. The highest BCUT2D eigenvalue weighted by Gasteiger charge is 2.03. The second-order valence-corrected chi connectivity index (χ2v) is 4.16. The van der Waals surface area contributed by atoms with Crippen LogP contribution >= 0.6 is 23.1 Å². The van der Waals surface area contributed by atoms with Crippen LogP contribution in [0.4, 0.5) is 0 Å². The van der Waals surface area contributed by atoms with E-state index in [2.05, 4.69) is 4.74 Å². The van der Waals surface area contributed by atoms with Gasteiger partial charge in [0.05, 0.1) is 17.7 Å². The van der Waals surface area contributed by atoms with E-state index in [-0.39, 0.29) is 11.7 Å². The fourth-order valence-electron chi connectivity index (χ4n) is 0.673. The highest BCUT2D eigenvalue weighted by Crippen LogP contribution is 2.23. The van der Waals surface area contributed by atoms with Crippen LogP contribution in [-0.4, -0.2) is 25.1 Å². The molecule has 0 aliphatic rings. The van der Waals surface area contributed by atoms with Crippen molar-refractivity contribution in [3.63, 3.8) is 0 Å². The largest absolute Gasteiger partial charge is 0.468 e. The average molecular weight is 216 g/mol. The standard InChI is InChI=1S/C8H8O3S2/c1-11-8(10)5-13-7-2-6(3-9)12-4-7/h2-4H,5H2,1H3. The Kier molecular flexibility index (Phi) is 3.98. The van der Waals surface area contributed by atoms with E-state index in [0.29, 0.717) is 4.88 Å². The summed E-state index contributed by atoms with van der Waals surface area (Å²) in [7, 11) is 1.35. The van der Waals surface area contributed by atoms with Gasteiger partial charge in [-0.25, -0.2) is 0 Å². The molecule has 3 nitrogen and oxygen atoms in total. The summed E-state index contributed by atoms with van der Waals surface area (Å²) in [6.07, 6.45) is 0.798. The number of methoxy groups -OCH3 is 1. The van der Waals surface area contributed by atoms with E-state index in [1.165, 1.54) is 30.2 Å². The van der Waals surface area contributed by atoms with Crippen LogP contribution in [0.5, 0.6) is 0 Å². The second kappa shape index (κ2) is 5.04. The molecule has 1 aromatic heterocycles. The Labute approximate surface area is 84.1 Å². The number of rotatable bonds is 4. The molecule has 0 atom stereocenters. The van der Waals surface area contributed by atoms with Crippen molar-refractivity contribution in [3.8, 4) is 0 Å². The summed E-state index contributed by atoms with van der Waals surface area (Å²) >= 11 is 2.73. The summed E-state index contributed by atoms with van der Waals surface area (Å²) in [6.45, 7) is 0. The lowest BCUT2D eigenvalue weighted by Gasteiger charge is -1.95. The molecule has 0 radical (unpaired) electrons. The molecule has 0 amide bonds. The molecule has 0 bridgehead atoms. The monoisotopic (exact) mass is 216 g/mol. The van der Waals surface area contributed by atoms with Gasteiger partial charge in [0.25, 0.3) is 0 Å². The number of esters is 1. The molecule has 70 valence electrons. The summed E-state index contributed by atoms with van der Waals surface area (Å²) in [6, 6.07) is 1.76. The quantitative estimate of drug-likeness (QED) is 0.437. The summed E-state index contributed by atoms with van der Waals surface area (Å²) in [5.41, 5.74) is 0. The van der Waals surface area contributed by atoms with Gasteiger partial charge in [-0.2, -0.15) is 0 Å². The normalized spacial score (nSPS) is 9.62. The van der Waals surface area contributed by atoms with E-state index >= 15 is 0 Å². The lowest BCUT2D eigenvalue weighted by Crippen LogP contribution is -2.02. The smallest absolute Gasteiger partial charge is 0.315 e. The number of carbonyl (C=O) groups excluding carboxylic acids is 2. The number of ether oxygens (including phenoxy) is 1. The lowest BCUT2D eigenvalue weighted by molar-refractivity contribution is -0.137. The summed E-state index contributed by atoms with van der Waals surface area (Å²) in [5, 5.41) is 1.84. The highest BCUT2D eigenvalue weighted by molar-refractivity contribution is 8.00. The van der Waals surface area contributed by atoms with Crippen molar-refractivity contribution in [3.05, 3.63) is 16.3 Å². The number of aldehydes is 1. The average Bonchev–Trinajstić information content (AvgIpc) is 2.61. The van der Waals surface area contributed by atoms with Gasteiger partial charge in [0.15, 0.2) is 6.29 Å². The van der Waals surface area contributed by atoms with E-state index in [9.17, 15) is 9.59 Å². The van der Waals surface area contributed by atoms with Gasteiger partial charge < -0.3 is 4.74 Å². The van der Waals surface area contributed by atoms with Crippen molar-refractivity contribution >= 4 is 35.4 Å². The predicted octanol–water partition coefficient (Wildman–Crippen LogP) is 1.83. The molecule has 1 heterocycles. The number of thiophene rings is 1. The molecule has 0 aromatic carbocycles. The first-order valence-electron chi connectivity index (χ1n) is 3.49. The minimum atomic E-state index is -0.260. The van der Waals surface area contributed by atoms with Crippen molar-refractivity contribution in [2.24, 2.45) is 0 Å². The Morgan fingerprint density at radius 1 is 1.77 bits per heavy atom. The van der Waals surface area contributed by atoms with Gasteiger partial charge in [-0.15, -0.1) is 23.1 Å². The molecular formula is C8H8O3S2. The SMILES string of the molecule is COC(=O)CSc1csc(C=O)c1. The summed E-state index contributed by atoms with van der Waals surface area (Å²) < 4.78 is 4.48. The van der Waals surface area contributed by atoms with Crippen LogP contribution in [-0.2, 0) is 9.53 Å². The zero-order valence-electron chi connectivity index (χ0n) is 6.98. The third-order valence-electron chi connectivity index (χ3n) is 1.30. The van der Waals surface area contributed by atoms with Crippen molar-refractivity contribution < 1.29 is 14.3 Å². The van der Waals surface area contributed by atoms with Gasteiger partial charge in [0.2, 0.25) is 0 Å². The maximum atomic E-state index is 10.8. The zero-order valence-corrected chi connectivity index (χ0v) is 8.61. The van der Waals surface area contributed by atoms with Gasteiger partial charge in [-0.3, -0.25) is 9.59 Å². The Morgan fingerprint density at radius 2 is 2.54 bits per heavy atom. The van der Waals surface area contributed by atoms with E-state index in [1.54, 1.807) is 6.07 Å². The maximum Gasteiger partial charge on any atom is 0.315 e. The van der Waals surface area contributed by atoms with Gasteiger partial charge in [0.1, 0.15) is 0 Å². The van der Waals surface area contributed by atoms with Gasteiger partial charge >= 0.3 is 5.97 Å². The van der Waals surface area contributed by atoms with E-state index < -0.39 is 0 Å². The number of hydrogen-bond donors (Lipinski definition) is 0. The Morgan fingerprint density at radius 3 is 3.08 bits per heavy atom. The van der Waals surface area contributed by atoms with Gasteiger partial charge in [-0.1, -0.05) is 0 Å². The van der Waals surface area contributed by atoms with E-state index in [4.69, 9.17) is 0 Å². The first kappa shape index (κ1) is 10.3. The molecule has 1 rings (SSSR count). The lowest BCUT2D eigenvalue weighted by atomic mass is 10.5. The van der Waals surface area contributed by atoms with Crippen LogP contribution in [0.25, 0.3) is 0 Å². The highest BCUT2D eigenvalue weighted by atomic mass is 32.2. The first-order chi connectivity index (χ1) is 6.26. The first-order valence-corrected chi connectivity index (χ1v) is 5.36. The van der Waals surface area contributed by atoms with Crippen molar-refractivity contribution in [2.45, 2.75) is 4.90 Å². The zero-order chi connectivity index (χ0) is 9.68. The Balaban J connectivity index is 2.45.